The van der Waals surface area contributed by atoms with Crippen LogP contribution in [0.25, 0.3) is 0 Å². The second kappa shape index (κ2) is 8.21. The highest BCUT2D eigenvalue weighted by Gasteiger charge is 2.29. The number of halogens is 1. The first-order valence-corrected chi connectivity index (χ1v) is 8.43. The Kier molecular flexibility index (Phi) is 5.76. The summed E-state index contributed by atoms with van der Waals surface area (Å²) >= 11 is 6.02. The fraction of sp³-hybridized carbons (Fsp3) is 0.400. The topological polar surface area (TPSA) is 121 Å². The molecule has 1 saturated heterocycles. The number of aromatic nitrogens is 3. The minimum atomic E-state index is -0.498. The molecule has 0 radical (unpaired) electrons. The quantitative estimate of drug-likeness (QED) is 0.434. The van der Waals surface area contributed by atoms with Crippen molar-refractivity contribution in [3.63, 3.8) is 0 Å². The first-order valence-electron chi connectivity index (χ1n) is 8.05. The smallest absolute Gasteiger partial charge is 0.353 e. The average molecular weight is 380 g/mol. The summed E-state index contributed by atoms with van der Waals surface area (Å²) in [4.78, 5) is 27.2. The zero-order valence-electron chi connectivity index (χ0n) is 13.9. The minimum Gasteiger partial charge on any atom is -0.395 e. The van der Waals surface area contributed by atoms with Crippen molar-refractivity contribution < 1.29 is 10.0 Å². The zero-order chi connectivity index (χ0) is 18.5. The summed E-state index contributed by atoms with van der Waals surface area (Å²) in [6.45, 7) is 3.22. The standard InChI is InChI=1S/C15H18ClN7O3/c16-13-11(2-1-3-17-13)20-14-12(23(25)26)15(19-10-18-14)22-6-4-21(5-7-22)8-9-24/h1-3,10,24H,4-9H2,(H,18,19,20). The highest BCUT2D eigenvalue weighted by molar-refractivity contribution is 6.32. The second-order valence-corrected chi connectivity index (χ2v) is 6.03. The van der Waals surface area contributed by atoms with Gasteiger partial charge in [0.25, 0.3) is 0 Å². The average Bonchev–Trinajstić information content (AvgIpc) is 2.64. The molecule has 26 heavy (non-hydrogen) atoms. The van der Waals surface area contributed by atoms with Gasteiger partial charge in [0.05, 0.1) is 17.2 Å². The normalized spacial score (nSPS) is 15.1. The Hall–Kier alpha value is -2.56. The predicted octanol–water partition coefficient (Wildman–Crippen LogP) is 1.29. The van der Waals surface area contributed by atoms with E-state index in [4.69, 9.17) is 16.7 Å². The van der Waals surface area contributed by atoms with Crippen molar-refractivity contribution in [3.05, 3.63) is 39.9 Å². The summed E-state index contributed by atoms with van der Waals surface area (Å²) in [7, 11) is 0. The molecule has 138 valence electrons. The van der Waals surface area contributed by atoms with Gasteiger partial charge in [0.2, 0.25) is 11.6 Å². The molecular formula is C15H18ClN7O3. The molecule has 1 fully saturated rings. The lowest BCUT2D eigenvalue weighted by Gasteiger charge is -2.34. The number of piperazine rings is 1. The van der Waals surface area contributed by atoms with E-state index >= 15 is 0 Å². The van der Waals surface area contributed by atoms with Crippen LogP contribution < -0.4 is 10.2 Å². The molecule has 10 nitrogen and oxygen atoms in total. The van der Waals surface area contributed by atoms with E-state index in [0.717, 1.165) is 0 Å². The third-order valence-corrected chi connectivity index (χ3v) is 4.39. The molecule has 2 aromatic rings. The molecule has 0 aromatic carbocycles. The Morgan fingerprint density at radius 2 is 2.04 bits per heavy atom. The summed E-state index contributed by atoms with van der Waals surface area (Å²) in [5, 5.41) is 23.8. The van der Waals surface area contributed by atoms with Gasteiger partial charge in [-0.25, -0.2) is 15.0 Å². The monoisotopic (exact) mass is 379 g/mol. The number of nitrogens with one attached hydrogen (secondary N) is 1. The number of aliphatic hydroxyl groups excluding tert-OH is 1. The number of aliphatic hydroxyl groups is 1. The van der Waals surface area contributed by atoms with Crippen LogP contribution in [-0.2, 0) is 0 Å². The molecule has 11 heteroatoms. The van der Waals surface area contributed by atoms with E-state index < -0.39 is 4.92 Å². The fourth-order valence-electron chi connectivity index (χ4n) is 2.79. The van der Waals surface area contributed by atoms with Crippen molar-refractivity contribution >= 4 is 34.6 Å². The van der Waals surface area contributed by atoms with E-state index in [9.17, 15) is 10.1 Å². The van der Waals surface area contributed by atoms with Crippen LogP contribution >= 0.6 is 11.6 Å². The van der Waals surface area contributed by atoms with Gasteiger partial charge in [0.1, 0.15) is 6.33 Å². The van der Waals surface area contributed by atoms with Crippen LogP contribution in [0.4, 0.5) is 23.0 Å². The Morgan fingerprint density at radius 3 is 2.69 bits per heavy atom. The van der Waals surface area contributed by atoms with Gasteiger partial charge in [-0.05, 0) is 12.1 Å². The maximum Gasteiger partial charge on any atom is 0.353 e. The number of nitro groups is 1. The molecule has 1 aliphatic rings. The molecule has 1 aliphatic heterocycles. The third kappa shape index (κ3) is 3.98. The number of pyridine rings is 1. The van der Waals surface area contributed by atoms with Crippen LogP contribution in [0.1, 0.15) is 0 Å². The zero-order valence-corrected chi connectivity index (χ0v) is 14.6. The Balaban J connectivity index is 1.88. The van der Waals surface area contributed by atoms with Gasteiger partial charge in [0.15, 0.2) is 5.15 Å². The first kappa shape index (κ1) is 18.2. The lowest BCUT2D eigenvalue weighted by atomic mass is 10.3. The van der Waals surface area contributed by atoms with Crippen molar-refractivity contribution in [1.29, 1.82) is 0 Å². The number of hydrogen-bond donors (Lipinski definition) is 2. The molecule has 0 saturated carbocycles. The Morgan fingerprint density at radius 1 is 1.27 bits per heavy atom. The van der Waals surface area contributed by atoms with Crippen LogP contribution in [0.3, 0.4) is 0 Å². The van der Waals surface area contributed by atoms with Gasteiger partial charge in [-0.3, -0.25) is 15.0 Å². The van der Waals surface area contributed by atoms with Crippen LogP contribution in [0.2, 0.25) is 5.15 Å². The maximum atomic E-state index is 11.7. The Labute approximate surface area is 154 Å². The van der Waals surface area contributed by atoms with E-state index in [2.05, 4.69) is 25.2 Å². The van der Waals surface area contributed by atoms with Crippen LogP contribution in [-0.4, -0.2) is 69.2 Å². The minimum absolute atomic E-state index is 0.0627. The van der Waals surface area contributed by atoms with E-state index in [-0.39, 0.29) is 29.1 Å². The van der Waals surface area contributed by atoms with Gasteiger partial charge in [-0.1, -0.05) is 11.6 Å². The SMILES string of the molecule is O=[N+]([O-])c1c(Nc2cccnc2Cl)ncnc1N1CCN(CCO)CC1. The second-order valence-electron chi connectivity index (χ2n) is 5.67. The fourth-order valence-corrected chi connectivity index (χ4v) is 2.96. The van der Waals surface area contributed by atoms with Crippen molar-refractivity contribution in [3.8, 4) is 0 Å². The van der Waals surface area contributed by atoms with Crippen LogP contribution in [0, 0.1) is 10.1 Å². The van der Waals surface area contributed by atoms with E-state index in [1.165, 1.54) is 12.5 Å². The molecule has 3 rings (SSSR count). The molecular weight excluding hydrogens is 362 g/mol. The highest BCUT2D eigenvalue weighted by atomic mass is 35.5. The van der Waals surface area contributed by atoms with Gasteiger partial charge in [0, 0.05) is 38.9 Å². The highest BCUT2D eigenvalue weighted by Crippen LogP contribution is 2.34. The summed E-state index contributed by atoms with van der Waals surface area (Å²) in [5.74, 6) is 0.323. The number of hydrogen-bond acceptors (Lipinski definition) is 9. The van der Waals surface area contributed by atoms with E-state index in [0.29, 0.717) is 38.4 Å². The summed E-state index contributed by atoms with van der Waals surface area (Å²) in [6.07, 6.45) is 2.81. The third-order valence-electron chi connectivity index (χ3n) is 4.09. The molecule has 0 unspecified atom stereocenters. The maximum absolute atomic E-state index is 11.7. The molecule has 0 amide bonds. The summed E-state index contributed by atoms with van der Waals surface area (Å²) in [5.41, 5.74) is 0.220. The number of rotatable bonds is 6. The first-order chi connectivity index (χ1) is 12.6. The molecule has 3 heterocycles. The largest absolute Gasteiger partial charge is 0.395 e. The predicted molar refractivity (Wildman–Crippen MR) is 97.0 cm³/mol. The van der Waals surface area contributed by atoms with Crippen LogP contribution in [0.5, 0.6) is 0 Å². The molecule has 0 spiro atoms. The Bertz CT molecular complexity index is 784. The molecule has 0 bridgehead atoms. The van der Waals surface area contributed by atoms with Gasteiger partial charge in [-0.2, -0.15) is 0 Å². The summed E-state index contributed by atoms with van der Waals surface area (Å²) < 4.78 is 0. The van der Waals surface area contributed by atoms with Crippen molar-refractivity contribution in [2.75, 3.05) is 49.5 Å². The van der Waals surface area contributed by atoms with Gasteiger partial charge in [-0.15, -0.1) is 0 Å². The van der Waals surface area contributed by atoms with E-state index in [1.54, 1.807) is 12.1 Å². The molecule has 0 atom stereocenters. The lowest BCUT2D eigenvalue weighted by molar-refractivity contribution is -0.383. The van der Waals surface area contributed by atoms with Gasteiger partial charge >= 0.3 is 5.69 Å². The molecule has 2 N–H and O–H groups in total. The number of anilines is 3. The number of nitrogens with zero attached hydrogens (tertiary/aromatic N) is 6. The molecule has 2 aromatic heterocycles. The lowest BCUT2D eigenvalue weighted by Crippen LogP contribution is -2.47. The van der Waals surface area contributed by atoms with Crippen molar-refractivity contribution in [2.24, 2.45) is 0 Å². The van der Waals surface area contributed by atoms with Crippen molar-refractivity contribution in [2.45, 2.75) is 0 Å². The number of β-amino-alcohol motifs (C(OH)–C–C–N with tert-alkyl or cyclic N) is 1. The van der Waals surface area contributed by atoms with Gasteiger partial charge < -0.3 is 15.3 Å². The van der Waals surface area contributed by atoms with Crippen molar-refractivity contribution in [1.82, 2.24) is 19.9 Å². The van der Waals surface area contributed by atoms with Crippen LogP contribution in [0.15, 0.2) is 24.7 Å². The summed E-state index contributed by atoms with van der Waals surface area (Å²) in [6, 6.07) is 3.33. The van der Waals surface area contributed by atoms with E-state index in [1.807, 2.05) is 4.90 Å². The molecule has 0 aliphatic carbocycles.